The molecule has 2 heterocycles. The van der Waals surface area contributed by atoms with Crippen LogP contribution in [0.1, 0.15) is 37.6 Å². The summed E-state index contributed by atoms with van der Waals surface area (Å²) in [5.41, 5.74) is 0.835. The van der Waals surface area contributed by atoms with E-state index in [9.17, 15) is 9.59 Å². The zero-order valence-electron chi connectivity index (χ0n) is 15.5. The van der Waals surface area contributed by atoms with E-state index < -0.39 is 0 Å². The molecular weight excluding hydrogens is 332 g/mol. The highest BCUT2D eigenvalue weighted by atomic mass is 16.5. The lowest BCUT2D eigenvalue weighted by atomic mass is 10.2. The summed E-state index contributed by atoms with van der Waals surface area (Å²) in [5, 5.41) is 4.37. The number of hydrogen-bond acceptors (Lipinski definition) is 4. The molecule has 0 bridgehead atoms. The van der Waals surface area contributed by atoms with Crippen molar-refractivity contribution in [1.82, 2.24) is 19.2 Å². The highest BCUT2D eigenvalue weighted by molar-refractivity contribution is 5.75. The first kappa shape index (κ1) is 18.2. The van der Waals surface area contributed by atoms with Gasteiger partial charge in [0.25, 0.3) is 0 Å². The second-order valence-electron chi connectivity index (χ2n) is 6.65. The minimum absolute atomic E-state index is 0.0215. The van der Waals surface area contributed by atoms with Crippen molar-refractivity contribution < 1.29 is 9.53 Å². The lowest BCUT2D eigenvalue weighted by molar-refractivity contribution is -0.131. The van der Waals surface area contributed by atoms with E-state index >= 15 is 0 Å². The molecule has 1 amide bonds. The summed E-state index contributed by atoms with van der Waals surface area (Å²) in [6, 6.07) is 7.68. The van der Waals surface area contributed by atoms with Crippen LogP contribution in [0.3, 0.4) is 0 Å². The molecule has 0 aliphatic carbocycles. The van der Waals surface area contributed by atoms with Gasteiger partial charge in [0, 0.05) is 26.6 Å². The molecule has 7 nitrogen and oxygen atoms in total. The van der Waals surface area contributed by atoms with Gasteiger partial charge in [0.05, 0.1) is 6.61 Å². The number of hydrogen-bond donors (Lipinski definition) is 0. The molecule has 0 radical (unpaired) electrons. The number of likely N-dealkylation sites (N-methyl/N-ethyl adjacent to an activating group) is 1. The van der Waals surface area contributed by atoms with Crippen LogP contribution in [0.2, 0.25) is 0 Å². The highest BCUT2D eigenvalue weighted by Crippen LogP contribution is 2.14. The van der Waals surface area contributed by atoms with Crippen LogP contribution < -0.4 is 10.4 Å². The number of nitrogens with zero attached hydrogens (tertiary/aromatic N) is 4. The molecule has 1 aromatic carbocycles. The minimum atomic E-state index is -0.176. The van der Waals surface area contributed by atoms with E-state index in [4.69, 9.17) is 4.74 Å². The van der Waals surface area contributed by atoms with Crippen LogP contribution in [0.4, 0.5) is 0 Å². The maximum absolute atomic E-state index is 12.5. The summed E-state index contributed by atoms with van der Waals surface area (Å²) in [5.74, 6) is 1.49. The van der Waals surface area contributed by atoms with Gasteiger partial charge < -0.3 is 9.64 Å². The van der Waals surface area contributed by atoms with Gasteiger partial charge in [-0.25, -0.2) is 9.48 Å². The first-order valence-electron chi connectivity index (χ1n) is 9.20. The molecule has 0 N–H and O–H groups in total. The van der Waals surface area contributed by atoms with Crippen LogP contribution in [0, 0.1) is 0 Å². The van der Waals surface area contributed by atoms with Gasteiger partial charge in [-0.2, -0.15) is 5.10 Å². The fourth-order valence-corrected chi connectivity index (χ4v) is 3.20. The molecule has 1 aliphatic rings. The van der Waals surface area contributed by atoms with Gasteiger partial charge >= 0.3 is 5.69 Å². The Labute approximate surface area is 153 Å². The monoisotopic (exact) mass is 358 g/mol. The van der Waals surface area contributed by atoms with Gasteiger partial charge in [-0.15, -0.1) is 0 Å². The Hall–Kier alpha value is -2.57. The molecular formula is C19H26N4O3. The van der Waals surface area contributed by atoms with Crippen molar-refractivity contribution in [3.05, 3.63) is 46.1 Å². The number of amides is 1. The standard InChI is InChI=1S/C19H26N4O3/c1-3-26-16-10-8-15(9-11-16)13-21(2)18(24)14-23-19(25)22-12-6-4-5-7-17(22)20-23/h8-11H,3-7,12-14H2,1-2H3. The zero-order valence-corrected chi connectivity index (χ0v) is 15.5. The number of carbonyl (C=O) groups excluding carboxylic acids is 1. The molecule has 3 rings (SSSR count). The fraction of sp³-hybridized carbons (Fsp3) is 0.526. The molecule has 2 aromatic rings. The number of aryl methyl sites for hydroxylation is 1. The van der Waals surface area contributed by atoms with E-state index in [1.54, 1.807) is 16.5 Å². The molecule has 1 aromatic heterocycles. The molecule has 0 saturated heterocycles. The Morgan fingerprint density at radius 3 is 2.73 bits per heavy atom. The van der Waals surface area contributed by atoms with Crippen LogP contribution in [-0.4, -0.2) is 38.8 Å². The van der Waals surface area contributed by atoms with E-state index in [1.807, 2.05) is 31.2 Å². The van der Waals surface area contributed by atoms with Crippen molar-refractivity contribution >= 4 is 5.91 Å². The zero-order chi connectivity index (χ0) is 18.5. The van der Waals surface area contributed by atoms with Crippen LogP contribution in [0.5, 0.6) is 5.75 Å². The number of rotatable bonds is 6. The molecule has 140 valence electrons. The van der Waals surface area contributed by atoms with Crippen molar-refractivity contribution in [2.45, 2.75) is 52.2 Å². The normalized spacial score (nSPS) is 13.8. The topological polar surface area (TPSA) is 69.4 Å². The summed E-state index contributed by atoms with van der Waals surface area (Å²) >= 11 is 0. The Kier molecular flexibility index (Phi) is 5.75. The van der Waals surface area contributed by atoms with E-state index in [2.05, 4.69) is 5.10 Å². The summed E-state index contributed by atoms with van der Waals surface area (Å²) in [4.78, 5) is 26.6. The van der Waals surface area contributed by atoms with Gasteiger partial charge in [0.2, 0.25) is 5.91 Å². The van der Waals surface area contributed by atoms with E-state index in [1.165, 1.54) is 4.68 Å². The molecule has 0 atom stereocenters. The number of aromatic nitrogens is 3. The Bertz CT molecular complexity index is 807. The Morgan fingerprint density at radius 2 is 2.00 bits per heavy atom. The highest BCUT2D eigenvalue weighted by Gasteiger charge is 2.18. The third kappa shape index (κ3) is 4.15. The van der Waals surface area contributed by atoms with Gasteiger partial charge in [-0.3, -0.25) is 9.36 Å². The number of fused-ring (bicyclic) bond motifs is 1. The molecule has 7 heteroatoms. The number of benzene rings is 1. The van der Waals surface area contributed by atoms with Gasteiger partial charge in [0.1, 0.15) is 18.1 Å². The predicted octanol–water partition coefficient (Wildman–Crippen LogP) is 1.83. The molecule has 26 heavy (non-hydrogen) atoms. The van der Waals surface area contributed by atoms with Gasteiger partial charge in [-0.05, 0) is 37.5 Å². The van der Waals surface area contributed by atoms with Crippen LogP contribution in [0.15, 0.2) is 29.1 Å². The first-order valence-corrected chi connectivity index (χ1v) is 9.20. The minimum Gasteiger partial charge on any atom is -0.494 e. The van der Waals surface area contributed by atoms with Crippen molar-refractivity contribution in [2.24, 2.45) is 0 Å². The van der Waals surface area contributed by atoms with E-state index in [0.717, 1.165) is 42.8 Å². The number of carbonyl (C=O) groups is 1. The molecule has 0 unspecified atom stereocenters. The number of ether oxygens (including phenoxy) is 1. The van der Waals surface area contributed by atoms with Gasteiger partial charge in [-0.1, -0.05) is 18.6 Å². The van der Waals surface area contributed by atoms with Crippen LogP contribution in [0.25, 0.3) is 0 Å². The van der Waals surface area contributed by atoms with Crippen molar-refractivity contribution in [3.8, 4) is 5.75 Å². The lowest BCUT2D eigenvalue weighted by Gasteiger charge is -2.17. The molecule has 1 aliphatic heterocycles. The largest absolute Gasteiger partial charge is 0.494 e. The average molecular weight is 358 g/mol. The maximum Gasteiger partial charge on any atom is 0.346 e. The molecule has 0 spiro atoms. The smallest absolute Gasteiger partial charge is 0.346 e. The second kappa shape index (κ2) is 8.21. The van der Waals surface area contributed by atoms with Crippen molar-refractivity contribution in [3.63, 3.8) is 0 Å². The third-order valence-corrected chi connectivity index (χ3v) is 4.65. The average Bonchev–Trinajstić information content (AvgIpc) is 2.80. The fourth-order valence-electron chi connectivity index (χ4n) is 3.20. The summed E-state index contributed by atoms with van der Waals surface area (Å²) in [7, 11) is 1.74. The Balaban J connectivity index is 1.63. The quantitative estimate of drug-likeness (QED) is 0.790. The summed E-state index contributed by atoms with van der Waals surface area (Å²) < 4.78 is 8.44. The second-order valence-corrected chi connectivity index (χ2v) is 6.65. The lowest BCUT2D eigenvalue weighted by Crippen LogP contribution is -2.34. The third-order valence-electron chi connectivity index (χ3n) is 4.65. The summed E-state index contributed by atoms with van der Waals surface area (Å²) in [6.07, 6.45) is 3.96. The van der Waals surface area contributed by atoms with Crippen molar-refractivity contribution in [1.29, 1.82) is 0 Å². The van der Waals surface area contributed by atoms with Crippen molar-refractivity contribution in [2.75, 3.05) is 13.7 Å². The van der Waals surface area contributed by atoms with E-state index in [0.29, 0.717) is 19.7 Å². The van der Waals surface area contributed by atoms with Crippen LogP contribution in [-0.2, 0) is 30.8 Å². The molecule has 0 fully saturated rings. The van der Waals surface area contributed by atoms with Crippen LogP contribution >= 0.6 is 0 Å². The van der Waals surface area contributed by atoms with Gasteiger partial charge in [0.15, 0.2) is 0 Å². The molecule has 0 saturated carbocycles. The SMILES string of the molecule is CCOc1ccc(CN(C)C(=O)Cn2nc3n(c2=O)CCCCC3)cc1. The predicted molar refractivity (Wildman–Crippen MR) is 98.1 cm³/mol. The summed E-state index contributed by atoms with van der Waals surface area (Å²) in [6.45, 7) is 3.73. The first-order chi connectivity index (χ1) is 12.6. The van der Waals surface area contributed by atoms with E-state index in [-0.39, 0.29) is 18.1 Å². The Morgan fingerprint density at radius 1 is 1.23 bits per heavy atom. The maximum atomic E-state index is 12.5.